The average molecular weight is 507 g/mol. The molecular formula is C24H25F4N5O3. The Labute approximate surface area is 204 Å². The van der Waals surface area contributed by atoms with Crippen molar-refractivity contribution in [2.75, 3.05) is 19.0 Å². The van der Waals surface area contributed by atoms with Crippen LogP contribution in [-0.2, 0) is 15.7 Å². The number of carbonyl (C=O) groups excluding carboxylic acids is 2. The largest absolute Gasteiger partial charge is 0.469 e. The Bertz CT molecular complexity index is 1200. The van der Waals surface area contributed by atoms with E-state index < -0.39 is 35.5 Å². The summed E-state index contributed by atoms with van der Waals surface area (Å²) in [5.41, 5.74) is 0.101. The van der Waals surface area contributed by atoms with Gasteiger partial charge in [0.05, 0.1) is 43.2 Å². The van der Waals surface area contributed by atoms with Gasteiger partial charge in [-0.25, -0.2) is 14.1 Å². The van der Waals surface area contributed by atoms with Crippen LogP contribution in [-0.4, -0.2) is 40.3 Å². The molecule has 36 heavy (non-hydrogen) atoms. The van der Waals surface area contributed by atoms with Gasteiger partial charge >= 0.3 is 12.1 Å². The summed E-state index contributed by atoms with van der Waals surface area (Å²) < 4.78 is 58.9. The topological polar surface area (TPSA) is 98.1 Å². The molecule has 12 heteroatoms. The molecule has 1 atom stereocenters. The predicted octanol–water partition coefficient (Wildman–Crippen LogP) is 4.67. The van der Waals surface area contributed by atoms with E-state index >= 15 is 0 Å². The molecule has 0 radical (unpaired) electrons. The van der Waals surface area contributed by atoms with Gasteiger partial charge in [-0.15, -0.1) is 0 Å². The van der Waals surface area contributed by atoms with Gasteiger partial charge in [-0.1, -0.05) is 19.4 Å². The van der Waals surface area contributed by atoms with E-state index in [0.29, 0.717) is 17.7 Å². The number of carbonyl (C=O) groups is 2. The van der Waals surface area contributed by atoms with Crippen LogP contribution in [0.15, 0.2) is 48.9 Å². The molecule has 1 aromatic carbocycles. The monoisotopic (exact) mass is 507 g/mol. The summed E-state index contributed by atoms with van der Waals surface area (Å²) in [4.78, 5) is 27.5. The smallest absolute Gasteiger partial charge is 0.419 e. The van der Waals surface area contributed by atoms with Crippen molar-refractivity contribution in [2.45, 2.75) is 38.4 Å². The van der Waals surface area contributed by atoms with Crippen LogP contribution in [0.2, 0.25) is 0 Å². The van der Waals surface area contributed by atoms with Gasteiger partial charge in [0, 0.05) is 23.9 Å². The Morgan fingerprint density at radius 3 is 2.53 bits per heavy atom. The fraction of sp³-hybridized carbons (Fsp3) is 0.333. The third-order valence-corrected chi connectivity index (χ3v) is 5.29. The maximum absolute atomic E-state index is 15.0. The van der Waals surface area contributed by atoms with Crippen molar-refractivity contribution in [1.29, 1.82) is 0 Å². The first-order valence-corrected chi connectivity index (χ1v) is 11.1. The number of hydrogen-bond acceptors (Lipinski definition) is 6. The summed E-state index contributed by atoms with van der Waals surface area (Å²) in [6.07, 6.45) is -0.218. The number of rotatable bonds is 10. The zero-order valence-electron chi connectivity index (χ0n) is 19.6. The lowest BCUT2D eigenvalue weighted by molar-refractivity contribution is -0.140. The Hall–Kier alpha value is -3.96. The molecule has 2 N–H and O–H groups in total. The highest BCUT2D eigenvalue weighted by Crippen LogP contribution is 2.30. The van der Waals surface area contributed by atoms with Gasteiger partial charge in [0.15, 0.2) is 5.82 Å². The molecule has 2 aromatic heterocycles. The third-order valence-electron chi connectivity index (χ3n) is 5.29. The number of aromatic nitrogens is 3. The molecule has 0 aliphatic carbocycles. The molecule has 0 spiro atoms. The van der Waals surface area contributed by atoms with Crippen molar-refractivity contribution < 1.29 is 31.9 Å². The molecule has 1 unspecified atom stereocenters. The summed E-state index contributed by atoms with van der Waals surface area (Å²) >= 11 is 0. The van der Waals surface area contributed by atoms with Crippen molar-refractivity contribution in [3.63, 3.8) is 0 Å². The number of alkyl halides is 3. The minimum atomic E-state index is -4.50. The number of nitrogens with zero attached hydrogens (tertiary/aromatic N) is 3. The van der Waals surface area contributed by atoms with E-state index in [1.54, 1.807) is 6.07 Å². The molecule has 192 valence electrons. The second kappa shape index (κ2) is 11.6. The maximum Gasteiger partial charge on any atom is 0.419 e. The van der Waals surface area contributed by atoms with Gasteiger partial charge in [-0.05, 0) is 30.7 Å². The second-order valence-corrected chi connectivity index (χ2v) is 7.88. The Kier molecular flexibility index (Phi) is 8.62. The number of ether oxygens (including phenoxy) is 1. The summed E-state index contributed by atoms with van der Waals surface area (Å²) in [6.45, 7) is 2.00. The van der Waals surface area contributed by atoms with Crippen LogP contribution in [0.5, 0.6) is 0 Å². The number of halogens is 4. The Morgan fingerprint density at radius 2 is 1.94 bits per heavy atom. The van der Waals surface area contributed by atoms with Crippen molar-refractivity contribution in [3.05, 3.63) is 71.4 Å². The number of amides is 1. The number of hydrogen-bond donors (Lipinski definition) is 2. The fourth-order valence-electron chi connectivity index (χ4n) is 3.43. The number of anilines is 1. The second-order valence-electron chi connectivity index (χ2n) is 7.88. The minimum absolute atomic E-state index is 0.00200. The van der Waals surface area contributed by atoms with Crippen LogP contribution >= 0.6 is 0 Å². The highest BCUT2D eigenvalue weighted by Gasteiger charge is 2.32. The van der Waals surface area contributed by atoms with Gasteiger partial charge in [0.2, 0.25) is 0 Å². The maximum atomic E-state index is 15.0. The summed E-state index contributed by atoms with van der Waals surface area (Å²) in [7, 11) is 1.25. The van der Waals surface area contributed by atoms with Crippen molar-refractivity contribution in [1.82, 2.24) is 20.1 Å². The highest BCUT2D eigenvalue weighted by molar-refractivity contribution is 5.94. The molecule has 0 saturated carbocycles. The average Bonchev–Trinajstić information content (AvgIpc) is 3.35. The van der Waals surface area contributed by atoms with Crippen LogP contribution in [0.3, 0.4) is 0 Å². The number of nitrogens with one attached hydrogen (secondary N) is 2. The first-order chi connectivity index (χ1) is 17.1. The molecule has 8 nitrogen and oxygen atoms in total. The Balaban J connectivity index is 1.70. The van der Waals surface area contributed by atoms with Gasteiger partial charge in [0.25, 0.3) is 5.91 Å². The lowest BCUT2D eigenvalue weighted by Crippen LogP contribution is -2.26. The van der Waals surface area contributed by atoms with Gasteiger partial charge in [0.1, 0.15) is 5.82 Å². The fourth-order valence-corrected chi connectivity index (χ4v) is 3.43. The molecule has 3 aromatic rings. The van der Waals surface area contributed by atoms with Crippen LogP contribution in [0.25, 0.3) is 5.82 Å². The summed E-state index contributed by atoms with van der Waals surface area (Å²) in [6, 6.07) is 6.80. The highest BCUT2D eigenvalue weighted by atomic mass is 19.4. The standard InChI is InChI=1S/C24H25F4N5O3/c1-3-4-20(18-7-5-15(11-19(18)25)23(35)29-10-9-22(34)36-2)32-17-6-8-21(30-13-17)33-14-16(12-31-33)24(26,27)28/h5-8,11-14,20,32H,3-4,9-10H2,1-2H3,(H,29,35). The van der Waals surface area contributed by atoms with E-state index in [0.717, 1.165) is 29.6 Å². The Morgan fingerprint density at radius 1 is 1.17 bits per heavy atom. The zero-order chi connectivity index (χ0) is 26.3. The quantitative estimate of drug-likeness (QED) is 0.306. The van der Waals surface area contributed by atoms with E-state index in [9.17, 15) is 27.2 Å². The van der Waals surface area contributed by atoms with E-state index in [1.807, 2.05) is 6.92 Å². The normalized spacial score (nSPS) is 12.2. The van der Waals surface area contributed by atoms with Crippen LogP contribution in [0, 0.1) is 5.82 Å². The molecule has 0 aliphatic heterocycles. The number of pyridine rings is 1. The lowest BCUT2D eigenvalue weighted by Gasteiger charge is -2.21. The van der Waals surface area contributed by atoms with E-state index in [-0.39, 0.29) is 24.3 Å². The molecule has 3 rings (SSSR count). The number of benzene rings is 1. The van der Waals surface area contributed by atoms with Crippen molar-refractivity contribution in [3.8, 4) is 5.82 Å². The van der Waals surface area contributed by atoms with E-state index in [4.69, 9.17) is 0 Å². The predicted molar refractivity (Wildman–Crippen MR) is 123 cm³/mol. The molecular weight excluding hydrogens is 482 g/mol. The number of methoxy groups -OCH3 is 1. The first-order valence-electron chi connectivity index (χ1n) is 11.1. The number of esters is 1. The van der Waals surface area contributed by atoms with Crippen LogP contribution in [0.1, 0.15) is 53.7 Å². The molecule has 0 bridgehead atoms. The summed E-state index contributed by atoms with van der Waals surface area (Å²) in [5, 5.41) is 9.41. The van der Waals surface area contributed by atoms with Gasteiger partial charge in [-0.2, -0.15) is 18.3 Å². The van der Waals surface area contributed by atoms with Crippen molar-refractivity contribution >= 4 is 17.6 Å². The van der Waals surface area contributed by atoms with Crippen molar-refractivity contribution in [2.24, 2.45) is 0 Å². The molecule has 0 aliphatic rings. The van der Waals surface area contributed by atoms with Crippen LogP contribution < -0.4 is 10.6 Å². The van der Waals surface area contributed by atoms with Gasteiger partial charge in [-0.3, -0.25) is 9.59 Å². The zero-order valence-corrected chi connectivity index (χ0v) is 19.6. The third kappa shape index (κ3) is 6.80. The summed E-state index contributed by atoms with van der Waals surface area (Å²) in [5.74, 6) is -1.38. The molecule has 2 heterocycles. The lowest BCUT2D eigenvalue weighted by atomic mass is 9.99. The molecule has 1 amide bonds. The molecule has 0 fully saturated rings. The first kappa shape index (κ1) is 26.6. The SMILES string of the molecule is CCCC(Nc1ccc(-n2cc(C(F)(F)F)cn2)nc1)c1ccc(C(=O)NCCC(=O)OC)cc1F. The molecule has 0 saturated heterocycles. The van der Waals surface area contributed by atoms with Crippen LogP contribution in [0.4, 0.5) is 23.2 Å². The van der Waals surface area contributed by atoms with E-state index in [2.05, 4.69) is 25.5 Å². The minimum Gasteiger partial charge on any atom is -0.469 e. The van der Waals surface area contributed by atoms with E-state index in [1.165, 1.54) is 31.5 Å². The van der Waals surface area contributed by atoms with Gasteiger partial charge < -0.3 is 15.4 Å².